The van der Waals surface area contributed by atoms with Gasteiger partial charge < -0.3 is 24.8 Å². The minimum Gasteiger partial charge on any atom is -0.464 e. The highest BCUT2D eigenvalue weighted by atomic mass is 16.6. The van der Waals surface area contributed by atoms with Gasteiger partial charge in [-0.1, -0.05) is 13.8 Å². The molecule has 24 heavy (non-hydrogen) atoms. The SMILES string of the molecule is CCOC(=O)[C@H]1O[C@@H]1C(=O)N[C@@H](CC(C)C)C(=O)NCCCOC. The predicted molar refractivity (Wildman–Crippen MR) is 86.2 cm³/mol. The van der Waals surface area contributed by atoms with E-state index in [1.165, 1.54) is 0 Å². The van der Waals surface area contributed by atoms with E-state index >= 15 is 0 Å². The van der Waals surface area contributed by atoms with Gasteiger partial charge >= 0.3 is 5.97 Å². The highest BCUT2D eigenvalue weighted by Crippen LogP contribution is 2.24. The molecule has 0 aromatic heterocycles. The number of hydrogen-bond acceptors (Lipinski definition) is 6. The molecule has 3 atom stereocenters. The number of hydrogen-bond donors (Lipinski definition) is 2. The van der Waals surface area contributed by atoms with E-state index in [2.05, 4.69) is 10.6 Å². The van der Waals surface area contributed by atoms with E-state index in [0.717, 1.165) is 0 Å². The van der Waals surface area contributed by atoms with Gasteiger partial charge in [0.25, 0.3) is 5.91 Å². The summed E-state index contributed by atoms with van der Waals surface area (Å²) in [7, 11) is 1.60. The monoisotopic (exact) mass is 344 g/mol. The van der Waals surface area contributed by atoms with E-state index in [0.29, 0.717) is 26.0 Å². The van der Waals surface area contributed by atoms with Crippen LogP contribution in [0.25, 0.3) is 0 Å². The van der Waals surface area contributed by atoms with Gasteiger partial charge in [-0.3, -0.25) is 9.59 Å². The maximum absolute atomic E-state index is 12.2. The van der Waals surface area contributed by atoms with Crippen molar-refractivity contribution in [2.24, 2.45) is 5.92 Å². The van der Waals surface area contributed by atoms with Crippen molar-refractivity contribution >= 4 is 17.8 Å². The molecule has 1 aliphatic rings. The van der Waals surface area contributed by atoms with Gasteiger partial charge in [0.15, 0.2) is 12.2 Å². The van der Waals surface area contributed by atoms with Crippen LogP contribution in [0.15, 0.2) is 0 Å². The number of amides is 2. The summed E-state index contributed by atoms with van der Waals surface area (Å²) in [5.41, 5.74) is 0. The normalized spacial score (nSPS) is 20.4. The first-order chi connectivity index (χ1) is 11.4. The number of carbonyl (C=O) groups is 3. The fourth-order valence-corrected chi connectivity index (χ4v) is 2.22. The van der Waals surface area contributed by atoms with Crippen molar-refractivity contribution in [2.75, 3.05) is 26.9 Å². The van der Waals surface area contributed by atoms with Gasteiger partial charge in [-0.15, -0.1) is 0 Å². The van der Waals surface area contributed by atoms with Crippen molar-refractivity contribution in [2.45, 2.75) is 51.9 Å². The van der Waals surface area contributed by atoms with Crippen LogP contribution in [0.1, 0.15) is 33.6 Å². The Morgan fingerprint density at radius 1 is 1.21 bits per heavy atom. The fraction of sp³-hybridized carbons (Fsp3) is 0.812. The van der Waals surface area contributed by atoms with Crippen LogP contribution in [0.3, 0.4) is 0 Å². The molecule has 0 bridgehead atoms. The van der Waals surface area contributed by atoms with Gasteiger partial charge in [0.05, 0.1) is 6.61 Å². The van der Waals surface area contributed by atoms with E-state index in [1.54, 1.807) is 14.0 Å². The van der Waals surface area contributed by atoms with Crippen molar-refractivity contribution in [3.63, 3.8) is 0 Å². The van der Waals surface area contributed by atoms with E-state index < -0.39 is 30.1 Å². The third kappa shape index (κ3) is 6.84. The van der Waals surface area contributed by atoms with Crippen LogP contribution in [0, 0.1) is 5.92 Å². The molecule has 1 rings (SSSR count). The van der Waals surface area contributed by atoms with Gasteiger partial charge in [0.2, 0.25) is 5.91 Å². The maximum atomic E-state index is 12.2. The van der Waals surface area contributed by atoms with Crippen molar-refractivity contribution in [3.05, 3.63) is 0 Å². The molecule has 1 saturated heterocycles. The molecule has 8 heteroatoms. The van der Waals surface area contributed by atoms with Crippen LogP contribution in [0.4, 0.5) is 0 Å². The number of rotatable bonds is 11. The van der Waals surface area contributed by atoms with Crippen LogP contribution in [-0.2, 0) is 28.6 Å². The van der Waals surface area contributed by atoms with Gasteiger partial charge in [-0.2, -0.15) is 0 Å². The first-order valence-corrected chi connectivity index (χ1v) is 8.29. The lowest BCUT2D eigenvalue weighted by molar-refractivity contribution is -0.144. The van der Waals surface area contributed by atoms with E-state index in [-0.39, 0.29) is 18.4 Å². The Hall–Kier alpha value is -1.67. The third-order valence-electron chi connectivity index (χ3n) is 3.43. The lowest BCUT2D eigenvalue weighted by Crippen LogP contribution is -2.49. The highest BCUT2D eigenvalue weighted by Gasteiger charge is 2.52. The molecular formula is C16H28N2O6. The van der Waals surface area contributed by atoms with Gasteiger partial charge in [-0.25, -0.2) is 4.79 Å². The van der Waals surface area contributed by atoms with E-state index in [9.17, 15) is 14.4 Å². The molecule has 2 N–H and O–H groups in total. The second-order valence-corrected chi connectivity index (χ2v) is 6.06. The van der Waals surface area contributed by atoms with Crippen molar-refractivity contribution < 1.29 is 28.6 Å². The molecule has 1 heterocycles. The smallest absolute Gasteiger partial charge is 0.338 e. The Bertz CT molecular complexity index is 440. The van der Waals surface area contributed by atoms with Crippen LogP contribution in [0.2, 0.25) is 0 Å². The predicted octanol–water partition coefficient (Wildman–Crippen LogP) is 0.000500. The summed E-state index contributed by atoms with van der Waals surface area (Å²) in [4.78, 5) is 35.9. The molecule has 8 nitrogen and oxygen atoms in total. The Kier molecular flexibility index (Phi) is 8.70. The van der Waals surface area contributed by atoms with Crippen LogP contribution >= 0.6 is 0 Å². The van der Waals surface area contributed by atoms with Crippen LogP contribution in [-0.4, -0.2) is 62.9 Å². The quantitative estimate of drug-likeness (QED) is 0.310. The van der Waals surface area contributed by atoms with Crippen LogP contribution in [0.5, 0.6) is 0 Å². The molecular weight excluding hydrogens is 316 g/mol. The molecule has 1 fully saturated rings. The molecule has 0 spiro atoms. The van der Waals surface area contributed by atoms with Crippen LogP contribution < -0.4 is 10.6 Å². The van der Waals surface area contributed by atoms with Crippen molar-refractivity contribution in [1.29, 1.82) is 0 Å². The molecule has 138 valence electrons. The number of epoxide rings is 1. The molecule has 2 amide bonds. The summed E-state index contributed by atoms with van der Waals surface area (Å²) in [6.45, 7) is 6.87. The van der Waals surface area contributed by atoms with Crippen molar-refractivity contribution in [1.82, 2.24) is 10.6 Å². The molecule has 0 saturated carbocycles. The van der Waals surface area contributed by atoms with Crippen molar-refractivity contribution in [3.8, 4) is 0 Å². The largest absolute Gasteiger partial charge is 0.464 e. The number of methoxy groups -OCH3 is 1. The van der Waals surface area contributed by atoms with Gasteiger partial charge in [-0.05, 0) is 25.7 Å². The summed E-state index contributed by atoms with van der Waals surface area (Å²) < 4.78 is 14.8. The molecule has 0 unspecified atom stereocenters. The summed E-state index contributed by atoms with van der Waals surface area (Å²) in [6, 6.07) is -0.660. The fourth-order valence-electron chi connectivity index (χ4n) is 2.22. The molecule has 1 aliphatic heterocycles. The first kappa shape index (κ1) is 20.4. The number of carbonyl (C=O) groups excluding carboxylic acids is 3. The number of esters is 1. The zero-order chi connectivity index (χ0) is 18.1. The summed E-state index contributed by atoms with van der Waals surface area (Å²) in [5, 5.41) is 5.44. The third-order valence-corrected chi connectivity index (χ3v) is 3.43. The summed E-state index contributed by atoms with van der Waals surface area (Å²) >= 11 is 0. The van der Waals surface area contributed by atoms with Gasteiger partial charge in [0.1, 0.15) is 6.04 Å². The Morgan fingerprint density at radius 2 is 1.92 bits per heavy atom. The molecule has 0 aromatic rings. The van der Waals surface area contributed by atoms with Gasteiger partial charge in [0, 0.05) is 20.3 Å². The molecule has 0 aromatic carbocycles. The Morgan fingerprint density at radius 3 is 2.50 bits per heavy atom. The standard InChI is InChI=1S/C16H28N2O6/c1-5-23-16(21)13-12(24-13)15(20)18-11(9-10(2)3)14(19)17-7-6-8-22-4/h10-13H,5-9H2,1-4H3,(H,17,19)(H,18,20)/t11-,12-,13-/m0/s1. The number of nitrogens with one attached hydrogen (secondary N) is 2. The lowest BCUT2D eigenvalue weighted by Gasteiger charge is -2.19. The maximum Gasteiger partial charge on any atom is 0.338 e. The average Bonchev–Trinajstić information content (AvgIpc) is 3.31. The lowest BCUT2D eigenvalue weighted by atomic mass is 10.0. The second-order valence-electron chi connectivity index (χ2n) is 6.06. The molecule has 0 radical (unpaired) electrons. The Labute approximate surface area is 142 Å². The first-order valence-electron chi connectivity index (χ1n) is 8.29. The second kappa shape index (κ2) is 10.2. The average molecular weight is 344 g/mol. The zero-order valence-electron chi connectivity index (χ0n) is 14.8. The van der Waals surface area contributed by atoms with E-state index in [1.807, 2.05) is 13.8 Å². The highest BCUT2D eigenvalue weighted by molar-refractivity contribution is 5.95. The summed E-state index contributed by atoms with van der Waals surface area (Å²) in [5.74, 6) is -1.05. The number of ether oxygens (including phenoxy) is 3. The zero-order valence-corrected chi connectivity index (χ0v) is 14.8. The molecule has 0 aliphatic carbocycles. The topological polar surface area (TPSA) is 106 Å². The Balaban J connectivity index is 2.49. The van der Waals surface area contributed by atoms with E-state index in [4.69, 9.17) is 14.2 Å². The minimum atomic E-state index is -0.875. The minimum absolute atomic E-state index is 0.223. The summed E-state index contributed by atoms with van der Waals surface area (Å²) in [6.07, 6.45) is -0.547.